The fraction of sp³-hybridized carbons (Fsp3) is 0.400. The molecule has 2 atom stereocenters. The first-order valence-corrected chi connectivity index (χ1v) is 9.69. The summed E-state index contributed by atoms with van der Waals surface area (Å²) < 4.78 is 0. The summed E-state index contributed by atoms with van der Waals surface area (Å²) >= 11 is 1.78. The first-order chi connectivity index (χ1) is 12.1. The summed E-state index contributed by atoms with van der Waals surface area (Å²) in [5, 5.41) is 5.04. The summed E-state index contributed by atoms with van der Waals surface area (Å²) in [4.78, 5) is 28.4. The number of carbonyl (C=O) groups excluding carboxylic acids is 2. The summed E-state index contributed by atoms with van der Waals surface area (Å²) in [5.41, 5.74) is 1.92. The van der Waals surface area contributed by atoms with Gasteiger partial charge in [-0.2, -0.15) is 0 Å². The Kier molecular flexibility index (Phi) is 5.53. The van der Waals surface area contributed by atoms with Crippen LogP contribution in [0.5, 0.6) is 0 Å². The predicted octanol–water partition coefficient (Wildman–Crippen LogP) is 3.79. The first kappa shape index (κ1) is 17.7. The molecule has 0 saturated heterocycles. The Bertz CT molecular complexity index is 741. The SMILES string of the molecule is CCC1c2ccsc2CCN1C(=O)CC(C)NC(=O)c1ccccc1. The third kappa shape index (κ3) is 3.93. The Labute approximate surface area is 152 Å². The van der Waals surface area contributed by atoms with E-state index in [1.807, 2.05) is 30.0 Å². The van der Waals surface area contributed by atoms with Gasteiger partial charge in [0, 0.05) is 29.4 Å². The number of nitrogens with one attached hydrogen (secondary N) is 1. The maximum absolute atomic E-state index is 12.8. The Hall–Kier alpha value is -2.14. The molecule has 2 heterocycles. The fourth-order valence-corrected chi connectivity index (χ4v) is 4.39. The summed E-state index contributed by atoms with van der Waals surface area (Å²) in [6.07, 6.45) is 2.18. The molecule has 2 amide bonds. The third-order valence-electron chi connectivity index (χ3n) is 4.70. The van der Waals surface area contributed by atoms with Crippen molar-refractivity contribution in [2.45, 2.75) is 45.2 Å². The minimum Gasteiger partial charge on any atom is -0.349 e. The Morgan fingerprint density at radius 2 is 2.04 bits per heavy atom. The van der Waals surface area contributed by atoms with Gasteiger partial charge in [0.1, 0.15) is 0 Å². The molecule has 132 valence electrons. The molecule has 4 nitrogen and oxygen atoms in total. The van der Waals surface area contributed by atoms with E-state index in [4.69, 9.17) is 0 Å². The van der Waals surface area contributed by atoms with Gasteiger partial charge in [-0.15, -0.1) is 11.3 Å². The number of amides is 2. The molecule has 0 saturated carbocycles. The van der Waals surface area contributed by atoms with Crippen LogP contribution in [0.1, 0.15) is 53.5 Å². The monoisotopic (exact) mass is 356 g/mol. The molecule has 1 aliphatic heterocycles. The molecule has 1 aromatic carbocycles. The molecule has 1 N–H and O–H groups in total. The van der Waals surface area contributed by atoms with Crippen LogP contribution in [-0.4, -0.2) is 29.3 Å². The Morgan fingerprint density at radius 1 is 1.28 bits per heavy atom. The fourth-order valence-electron chi connectivity index (χ4n) is 3.46. The van der Waals surface area contributed by atoms with Crippen molar-refractivity contribution in [3.8, 4) is 0 Å². The molecule has 0 aliphatic carbocycles. The van der Waals surface area contributed by atoms with Gasteiger partial charge in [-0.1, -0.05) is 25.1 Å². The van der Waals surface area contributed by atoms with Crippen molar-refractivity contribution in [2.24, 2.45) is 0 Å². The van der Waals surface area contributed by atoms with E-state index in [0.717, 1.165) is 19.4 Å². The molecule has 0 spiro atoms. The lowest BCUT2D eigenvalue weighted by Crippen LogP contribution is -2.43. The smallest absolute Gasteiger partial charge is 0.251 e. The number of hydrogen-bond acceptors (Lipinski definition) is 3. The molecule has 0 bridgehead atoms. The van der Waals surface area contributed by atoms with Crippen LogP contribution in [0.4, 0.5) is 0 Å². The van der Waals surface area contributed by atoms with Crippen LogP contribution in [0.15, 0.2) is 41.8 Å². The van der Waals surface area contributed by atoms with E-state index in [-0.39, 0.29) is 23.9 Å². The molecule has 0 radical (unpaired) electrons. The quantitative estimate of drug-likeness (QED) is 0.886. The number of rotatable bonds is 5. The zero-order valence-electron chi connectivity index (χ0n) is 14.7. The molecule has 1 aromatic heterocycles. The topological polar surface area (TPSA) is 49.4 Å². The molecule has 3 rings (SSSR count). The minimum atomic E-state index is -0.193. The molecule has 1 aliphatic rings. The lowest BCUT2D eigenvalue weighted by Gasteiger charge is -2.36. The van der Waals surface area contributed by atoms with Gasteiger partial charge in [-0.3, -0.25) is 9.59 Å². The lowest BCUT2D eigenvalue weighted by atomic mass is 9.97. The van der Waals surface area contributed by atoms with Gasteiger partial charge in [0.15, 0.2) is 0 Å². The van der Waals surface area contributed by atoms with Gasteiger partial charge in [0.2, 0.25) is 5.91 Å². The van der Waals surface area contributed by atoms with Gasteiger partial charge in [-0.25, -0.2) is 0 Å². The van der Waals surface area contributed by atoms with E-state index < -0.39 is 0 Å². The third-order valence-corrected chi connectivity index (χ3v) is 5.69. The predicted molar refractivity (Wildman–Crippen MR) is 101 cm³/mol. The van der Waals surface area contributed by atoms with E-state index in [2.05, 4.69) is 23.7 Å². The lowest BCUT2D eigenvalue weighted by molar-refractivity contribution is -0.134. The van der Waals surface area contributed by atoms with Crippen LogP contribution in [0.25, 0.3) is 0 Å². The van der Waals surface area contributed by atoms with Gasteiger partial charge in [0.25, 0.3) is 5.91 Å². The number of nitrogens with zero attached hydrogens (tertiary/aromatic N) is 1. The number of fused-ring (bicyclic) bond motifs is 1. The van der Waals surface area contributed by atoms with Crippen molar-refractivity contribution < 1.29 is 9.59 Å². The molecule has 0 fully saturated rings. The second-order valence-corrected chi connectivity index (χ2v) is 7.51. The summed E-state index contributed by atoms with van der Waals surface area (Å²) in [5.74, 6) is -0.0173. The number of benzene rings is 1. The second kappa shape index (κ2) is 7.83. The Balaban J connectivity index is 1.61. The molecule has 2 aromatic rings. The largest absolute Gasteiger partial charge is 0.349 e. The summed E-state index contributed by atoms with van der Waals surface area (Å²) in [7, 11) is 0. The summed E-state index contributed by atoms with van der Waals surface area (Å²) in [6.45, 7) is 4.78. The number of thiophene rings is 1. The van der Waals surface area contributed by atoms with Crippen molar-refractivity contribution in [2.75, 3.05) is 6.54 Å². The number of carbonyl (C=O) groups is 2. The second-order valence-electron chi connectivity index (χ2n) is 6.50. The van der Waals surface area contributed by atoms with Crippen molar-refractivity contribution in [1.82, 2.24) is 10.2 Å². The van der Waals surface area contributed by atoms with Crippen LogP contribution in [-0.2, 0) is 11.2 Å². The highest BCUT2D eigenvalue weighted by Crippen LogP contribution is 2.35. The number of hydrogen-bond donors (Lipinski definition) is 1. The van der Waals surface area contributed by atoms with Crippen molar-refractivity contribution in [3.63, 3.8) is 0 Å². The van der Waals surface area contributed by atoms with Crippen molar-refractivity contribution >= 4 is 23.2 Å². The molecule has 5 heteroatoms. The zero-order chi connectivity index (χ0) is 17.8. The Morgan fingerprint density at radius 3 is 2.76 bits per heavy atom. The van der Waals surface area contributed by atoms with Crippen molar-refractivity contribution in [1.29, 1.82) is 0 Å². The normalized spacial score (nSPS) is 17.7. The van der Waals surface area contributed by atoms with E-state index in [9.17, 15) is 9.59 Å². The van der Waals surface area contributed by atoms with Crippen LogP contribution < -0.4 is 5.32 Å². The highest BCUT2D eigenvalue weighted by atomic mass is 32.1. The highest BCUT2D eigenvalue weighted by molar-refractivity contribution is 7.10. The first-order valence-electron chi connectivity index (χ1n) is 8.81. The standard InChI is InChI=1S/C20H24N2O2S/c1-3-17-16-10-12-25-18(16)9-11-22(17)19(23)13-14(2)21-20(24)15-7-5-4-6-8-15/h4-8,10,12,14,17H,3,9,11,13H2,1-2H3,(H,21,24). The van der Waals surface area contributed by atoms with Gasteiger partial charge in [0.05, 0.1) is 6.04 Å². The van der Waals surface area contributed by atoms with Crippen molar-refractivity contribution in [3.05, 3.63) is 57.8 Å². The van der Waals surface area contributed by atoms with Crippen LogP contribution >= 0.6 is 11.3 Å². The highest BCUT2D eigenvalue weighted by Gasteiger charge is 2.30. The van der Waals surface area contributed by atoms with E-state index in [1.165, 1.54) is 10.4 Å². The van der Waals surface area contributed by atoms with Gasteiger partial charge < -0.3 is 10.2 Å². The van der Waals surface area contributed by atoms with Crippen LogP contribution in [0.2, 0.25) is 0 Å². The molecule has 25 heavy (non-hydrogen) atoms. The average Bonchev–Trinajstić information content (AvgIpc) is 3.10. The maximum Gasteiger partial charge on any atom is 0.251 e. The maximum atomic E-state index is 12.8. The van der Waals surface area contributed by atoms with Gasteiger partial charge in [-0.05, 0) is 48.9 Å². The average molecular weight is 356 g/mol. The van der Waals surface area contributed by atoms with E-state index in [0.29, 0.717) is 12.0 Å². The summed E-state index contributed by atoms with van der Waals surface area (Å²) in [6, 6.07) is 11.2. The zero-order valence-corrected chi connectivity index (χ0v) is 15.5. The minimum absolute atomic E-state index is 0.115. The molecular formula is C20H24N2O2S. The van der Waals surface area contributed by atoms with Crippen LogP contribution in [0, 0.1) is 0 Å². The van der Waals surface area contributed by atoms with E-state index >= 15 is 0 Å². The van der Waals surface area contributed by atoms with Gasteiger partial charge >= 0.3 is 0 Å². The molecular weight excluding hydrogens is 332 g/mol. The molecule has 2 unspecified atom stereocenters. The van der Waals surface area contributed by atoms with Crippen LogP contribution in [0.3, 0.4) is 0 Å². The van der Waals surface area contributed by atoms with E-state index in [1.54, 1.807) is 23.5 Å².